The molecular formula is C32H28ClN3O6. The predicted octanol–water partition coefficient (Wildman–Crippen LogP) is 5.17. The molecule has 1 amide bonds. The minimum atomic E-state index is -1.10. The van der Waals surface area contributed by atoms with Gasteiger partial charge in [-0.25, -0.2) is 0 Å². The Balaban J connectivity index is 1.29. The third-order valence-electron chi connectivity index (χ3n) is 7.32. The second-order valence-electron chi connectivity index (χ2n) is 9.95. The molecule has 0 spiro atoms. The van der Waals surface area contributed by atoms with Gasteiger partial charge in [-0.2, -0.15) is 5.10 Å². The maximum atomic E-state index is 13.4. The molecule has 0 saturated heterocycles. The van der Waals surface area contributed by atoms with Gasteiger partial charge in [0.1, 0.15) is 12.3 Å². The molecule has 3 aromatic carbocycles. The third-order valence-corrected chi connectivity index (χ3v) is 7.57. The summed E-state index contributed by atoms with van der Waals surface area (Å²) in [4.78, 5) is 51.7. The normalized spacial score (nSPS) is 12.6. The number of carbonyl (C=O) groups is 4. The Hall–Kier alpha value is -4.76. The minimum Gasteiger partial charge on any atom is -0.469 e. The number of carbonyl (C=O) groups excluding carboxylic acids is 4. The molecule has 0 saturated carbocycles. The van der Waals surface area contributed by atoms with Crippen molar-refractivity contribution >= 4 is 40.9 Å². The number of hydrogen-bond donors (Lipinski definition) is 1. The average Bonchev–Trinajstić information content (AvgIpc) is 3.52. The van der Waals surface area contributed by atoms with Crippen molar-refractivity contribution in [1.82, 2.24) is 9.78 Å². The lowest BCUT2D eigenvalue weighted by molar-refractivity contribution is -0.149. The van der Waals surface area contributed by atoms with Gasteiger partial charge in [0.2, 0.25) is 11.7 Å². The molecule has 0 radical (unpaired) electrons. The fourth-order valence-electron chi connectivity index (χ4n) is 5.19. The Morgan fingerprint density at radius 3 is 2.12 bits per heavy atom. The summed E-state index contributed by atoms with van der Waals surface area (Å²) in [7, 11) is 2.77. The number of anilines is 1. The van der Waals surface area contributed by atoms with Crippen molar-refractivity contribution in [3.8, 4) is 11.1 Å². The molecule has 0 aliphatic heterocycles. The highest BCUT2D eigenvalue weighted by molar-refractivity contribution is 6.30. The number of benzene rings is 3. The highest BCUT2D eigenvalue weighted by Gasteiger charge is 2.31. The summed E-state index contributed by atoms with van der Waals surface area (Å²) in [5.41, 5.74) is 4.93. The number of aromatic nitrogens is 2. The van der Waals surface area contributed by atoms with E-state index in [1.807, 2.05) is 48.5 Å². The van der Waals surface area contributed by atoms with Crippen LogP contribution >= 0.6 is 11.6 Å². The number of halogens is 1. The number of aryl methyl sites for hydroxylation is 1. The van der Waals surface area contributed by atoms with Crippen molar-refractivity contribution in [1.29, 1.82) is 0 Å². The fourth-order valence-corrected chi connectivity index (χ4v) is 5.31. The molecule has 4 aromatic rings. The predicted molar refractivity (Wildman–Crippen MR) is 156 cm³/mol. The van der Waals surface area contributed by atoms with Gasteiger partial charge in [-0.05, 0) is 46.5 Å². The van der Waals surface area contributed by atoms with Crippen molar-refractivity contribution in [3.05, 3.63) is 106 Å². The number of nitrogens with zero attached hydrogens (tertiary/aromatic N) is 2. The summed E-state index contributed by atoms with van der Waals surface area (Å²) in [6, 6.07) is 22.2. The zero-order valence-corrected chi connectivity index (χ0v) is 23.8. The number of hydrogen-bond acceptors (Lipinski definition) is 7. The van der Waals surface area contributed by atoms with Crippen molar-refractivity contribution in [2.75, 3.05) is 19.0 Å². The molecule has 1 aromatic heterocycles. The van der Waals surface area contributed by atoms with Gasteiger partial charge in [0.25, 0.3) is 0 Å². The molecule has 1 atom stereocenters. The fraction of sp³-hybridized carbons (Fsp3) is 0.219. The smallest absolute Gasteiger partial charge is 0.306 e. The summed E-state index contributed by atoms with van der Waals surface area (Å²) in [5.74, 6) is -3.58. The van der Waals surface area contributed by atoms with Crippen LogP contribution in [0.3, 0.4) is 0 Å². The van der Waals surface area contributed by atoms with E-state index in [1.165, 1.54) is 18.0 Å². The van der Waals surface area contributed by atoms with Crippen molar-refractivity contribution < 1.29 is 28.7 Å². The zero-order chi connectivity index (χ0) is 29.8. The van der Waals surface area contributed by atoms with E-state index in [-0.39, 0.29) is 42.5 Å². The summed E-state index contributed by atoms with van der Waals surface area (Å²) in [6.07, 6.45) is 0.620. The number of ketones is 1. The average molecular weight is 586 g/mol. The number of esters is 2. The summed E-state index contributed by atoms with van der Waals surface area (Å²) in [5, 5.41) is 7.26. The molecular weight excluding hydrogens is 558 g/mol. The van der Waals surface area contributed by atoms with Crippen LogP contribution in [-0.2, 0) is 30.9 Å². The van der Waals surface area contributed by atoms with Crippen LogP contribution < -0.4 is 5.32 Å². The van der Waals surface area contributed by atoms with E-state index in [2.05, 4.69) is 10.4 Å². The van der Waals surface area contributed by atoms with Crippen LogP contribution in [0.25, 0.3) is 11.1 Å². The zero-order valence-electron chi connectivity index (χ0n) is 23.0. The van der Waals surface area contributed by atoms with Crippen LogP contribution in [0.5, 0.6) is 0 Å². The van der Waals surface area contributed by atoms with E-state index >= 15 is 0 Å². The number of methoxy groups -OCH3 is 1. The summed E-state index contributed by atoms with van der Waals surface area (Å²) < 4.78 is 11.8. The molecule has 214 valence electrons. The maximum Gasteiger partial charge on any atom is 0.306 e. The van der Waals surface area contributed by atoms with E-state index in [0.29, 0.717) is 10.6 Å². The quantitative estimate of drug-likeness (QED) is 0.202. The Bertz CT molecular complexity index is 1620. The molecule has 1 N–H and O–H groups in total. The van der Waals surface area contributed by atoms with Gasteiger partial charge in [-0.15, -0.1) is 0 Å². The molecule has 1 heterocycles. The van der Waals surface area contributed by atoms with Gasteiger partial charge in [0.15, 0.2) is 0 Å². The van der Waals surface area contributed by atoms with E-state index in [4.69, 9.17) is 21.1 Å². The second-order valence-corrected chi connectivity index (χ2v) is 10.4. The number of ether oxygens (including phenoxy) is 2. The van der Waals surface area contributed by atoms with Crippen LogP contribution in [0.15, 0.2) is 79.0 Å². The third kappa shape index (κ3) is 5.96. The molecule has 1 aliphatic carbocycles. The van der Waals surface area contributed by atoms with Gasteiger partial charge in [-0.1, -0.05) is 60.1 Å². The largest absolute Gasteiger partial charge is 0.469 e. The molecule has 10 heteroatoms. The van der Waals surface area contributed by atoms with Gasteiger partial charge >= 0.3 is 11.9 Å². The molecule has 5 rings (SSSR count). The number of nitrogens with one attached hydrogen (secondary N) is 1. The topological polar surface area (TPSA) is 117 Å². The summed E-state index contributed by atoms with van der Waals surface area (Å²) in [6.45, 7) is 0.0851. The van der Waals surface area contributed by atoms with Crippen LogP contribution in [0.4, 0.5) is 5.69 Å². The van der Waals surface area contributed by atoms with Crippen molar-refractivity contribution in [2.24, 2.45) is 13.0 Å². The molecule has 0 unspecified atom stereocenters. The van der Waals surface area contributed by atoms with E-state index < -0.39 is 23.8 Å². The van der Waals surface area contributed by atoms with E-state index in [0.717, 1.165) is 22.3 Å². The lowest BCUT2D eigenvalue weighted by atomic mass is 9.97. The summed E-state index contributed by atoms with van der Waals surface area (Å²) >= 11 is 5.95. The van der Waals surface area contributed by atoms with Gasteiger partial charge in [0.05, 0.1) is 37.8 Å². The lowest BCUT2D eigenvalue weighted by Crippen LogP contribution is -2.29. The van der Waals surface area contributed by atoms with Crippen LogP contribution in [0, 0.1) is 5.92 Å². The number of fused-ring (bicyclic) bond motifs is 3. The van der Waals surface area contributed by atoms with Gasteiger partial charge in [-0.3, -0.25) is 23.9 Å². The van der Waals surface area contributed by atoms with Crippen LogP contribution in [0.1, 0.15) is 45.9 Å². The Morgan fingerprint density at radius 1 is 0.905 bits per heavy atom. The van der Waals surface area contributed by atoms with Crippen molar-refractivity contribution in [2.45, 2.75) is 18.8 Å². The Morgan fingerprint density at radius 2 is 1.50 bits per heavy atom. The van der Waals surface area contributed by atoms with E-state index in [1.54, 1.807) is 31.3 Å². The van der Waals surface area contributed by atoms with Gasteiger partial charge in [0, 0.05) is 23.6 Å². The Kier molecular flexibility index (Phi) is 8.49. The van der Waals surface area contributed by atoms with Gasteiger partial charge < -0.3 is 14.8 Å². The van der Waals surface area contributed by atoms with Crippen LogP contribution in [-0.4, -0.2) is 47.1 Å². The highest BCUT2D eigenvalue weighted by Crippen LogP contribution is 2.44. The highest BCUT2D eigenvalue weighted by atomic mass is 35.5. The Labute approximate surface area is 247 Å². The SMILES string of the molecule is COC(=O)C[C@H](CC(=O)OCC1c2ccccc2-c2ccccc21)C(=O)Nc1cnn(C)c1C(=O)c1ccc(Cl)cc1. The second kappa shape index (κ2) is 12.4. The first-order valence-corrected chi connectivity index (χ1v) is 13.7. The van der Waals surface area contributed by atoms with Crippen molar-refractivity contribution in [3.63, 3.8) is 0 Å². The molecule has 9 nitrogen and oxygen atoms in total. The minimum absolute atomic E-state index is 0.0851. The first-order chi connectivity index (χ1) is 20.3. The standard InChI is InChI=1S/C32H28ClN3O6/c1-36-30(31(39)19-11-13-21(33)14-12-19)27(17-34-36)35-32(40)20(15-28(37)41-2)16-29(38)42-18-26-24-9-5-3-7-22(24)23-8-4-6-10-25(23)26/h3-14,17,20,26H,15-16,18H2,1-2H3,(H,35,40)/t20-/m1/s1. The van der Waals surface area contributed by atoms with Crippen LogP contribution in [0.2, 0.25) is 5.02 Å². The van der Waals surface area contributed by atoms with E-state index in [9.17, 15) is 19.2 Å². The monoisotopic (exact) mass is 585 g/mol. The number of amides is 1. The molecule has 0 bridgehead atoms. The maximum absolute atomic E-state index is 13.4. The molecule has 0 fully saturated rings. The lowest BCUT2D eigenvalue weighted by Gasteiger charge is -2.17. The number of rotatable bonds is 10. The molecule has 1 aliphatic rings. The molecule has 42 heavy (non-hydrogen) atoms. The first-order valence-electron chi connectivity index (χ1n) is 13.3. The first kappa shape index (κ1) is 28.8.